The van der Waals surface area contributed by atoms with E-state index in [1.54, 1.807) is 24.8 Å². The van der Waals surface area contributed by atoms with Crippen molar-refractivity contribution in [1.29, 1.82) is 0 Å². The molecule has 0 saturated carbocycles. The van der Waals surface area contributed by atoms with Crippen LogP contribution in [0, 0.1) is 0 Å². The predicted octanol–water partition coefficient (Wildman–Crippen LogP) is 1.53. The summed E-state index contributed by atoms with van der Waals surface area (Å²) in [6.45, 7) is 0. The van der Waals surface area contributed by atoms with Crippen LogP contribution in [-0.4, -0.2) is 58.8 Å². The van der Waals surface area contributed by atoms with Gasteiger partial charge in [-0.2, -0.15) is 0 Å². The summed E-state index contributed by atoms with van der Waals surface area (Å²) in [6, 6.07) is 24.3. The molecule has 0 spiro atoms. The molecule has 10 rings (SSSR count). The fourth-order valence-corrected chi connectivity index (χ4v) is 5.61. The Morgan fingerprint density at radius 2 is 0.727 bits per heavy atom. The van der Waals surface area contributed by atoms with Crippen molar-refractivity contribution in [2.75, 3.05) is 0 Å². The topological polar surface area (TPSA) is 219 Å². The molecule has 0 bridgehead atoms. The van der Waals surface area contributed by atoms with Gasteiger partial charge in [-0.3, -0.25) is 58.2 Å². The third-order valence-corrected chi connectivity index (χ3v) is 8.48. The summed E-state index contributed by atoms with van der Waals surface area (Å²) in [6.07, 6.45) is 7.21. The molecule has 8 aromatic heterocycles. The fraction of sp³-hybridized carbons (Fsp3) is 0.111. The summed E-state index contributed by atoms with van der Waals surface area (Å²) in [5, 5.41) is 25.4. The van der Waals surface area contributed by atoms with Gasteiger partial charge in [0.15, 0.2) is 0 Å². The second-order valence-electron chi connectivity index (χ2n) is 11.8. The molecule has 0 radical (unpaired) electrons. The van der Waals surface area contributed by atoms with E-state index in [1.807, 2.05) is 24.3 Å². The summed E-state index contributed by atoms with van der Waals surface area (Å²) in [7, 11) is 5.80. The van der Waals surface area contributed by atoms with E-state index in [9.17, 15) is 19.2 Å². The Balaban J connectivity index is 0.000000124. The largest absolute Gasteiger partial charge is 2.00 e. The minimum atomic E-state index is -0.469. The van der Waals surface area contributed by atoms with Crippen LogP contribution in [0.4, 0.5) is 0 Å². The average molecular weight is 779 g/mol. The standard InChI is InChI=1S/2C12H8N2.2C6H7N5O2.Ni/c2*1-3-9-5-6-10-4-2-8-14-12(10)11(9)13-7-1;2*1-10-4-3(7-9-8-4)5(12)11(2)6(10)13;/h2*1-8H;2*1-2H3,(H,7,8,9,12);/q;;;;+2/p-2. The van der Waals surface area contributed by atoms with E-state index in [2.05, 4.69) is 99.3 Å². The fourth-order valence-electron chi connectivity index (χ4n) is 5.61. The van der Waals surface area contributed by atoms with Gasteiger partial charge < -0.3 is 20.4 Å². The Hall–Kier alpha value is -7.27. The summed E-state index contributed by atoms with van der Waals surface area (Å²) >= 11 is 0. The summed E-state index contributed by atoms with van der Waals surface area (Å²) < 4.78 is 4.41. The smallest absolute Gasteiger partial charge is 0.343 e. The van der Waals surface area contributed by atoms with Gasteiger partial charge in [-0.15, -0.1) is 0 Å². The van der Waals surface area contributed by atoms with Crippen LogP contribution >= 0.6 is 0 Å². The van der Waals surface area contributed by atoms with Crippen molar-refractivity contribution in [2.45, 2.75) is 0 Å². The van der Waals surface area contributed by atoms with E-state index in [0.717, 1.165) is 52.7 Å². The van der Waals surface area contributed by atoms with Gasteiger partial charge in [-0.25, -0.2) is 9.59 Å². The molecule has 0 amide bonds. The third-order valence-electron chi connectivity index (χ3n) is 8.48. The molecule has 0 saturated heterocycles. The number of aryl methyl sites for hydroxylation is 2. The molecule has 55 heavy (non-hydrogen) atoms. The Morgan fingerprint density at radius 3 is 1.02 bits per heavy atom. The average Bonchev–Trinajstić information content (AvgIpc) is 3.93. The van der Waals surface area contributed by atoms with E-state index < -0.39 is 22.5 Å². The number of aromatic nitrogens is 14. The molecular formula is C36H28N14NiO4. The molecule has 8 heterocycles. The van der Waals surface area contributed by atoms with Crippen LogP contribution in [0.1, 0.15) is 0 Å². The quantitative estimate of drug-likeness (QED) is 0.158. The van der Waals surface area contributed by atoms with E-state index in [1.165, 1.54) is 37.3 Å². The van der Waals surface area contributed by atoms with E-state index in [-0.39, 0.29) is 38.8 Å². The molecule has 2 aromatic carbocycles. The van der Waals surface area contributed by atoms with E-state index in [4.69, 9.17) is 0 Å². The van der Waals surface area contributed by atoms with Crippen molar-refractivity contribution in [3.05, 3.63) is 139 Å². The van der Waals surface area contributed by atoms with Crippen LogP contribution in [-0.2, 0) is 44.7 Å². The normalized spacial score (nSPS) is 10.7. The zero-order valence-corrected chi connectivity index (χ0v) is 30.4. The maximum Gasteiger partial charge on any atom is 2.00 e. The van der Waals surface area contributed by atoms with Gasteiger partial charge in [-0.1, -0.05) is 48.5 Å². The van der Waals surface area contributed by atoms with Gasteiger partial charge >= 0.3 is 27.9 Å². The van der Waals surface area contributed by atoms with Crippen molar-refractivity contribution in [3.8, 4) is 0 Å². The Kier molecular flexibility index (Phi) is 10.7. The summed E-state index contributed by atoms with van der Waals surface area (Å²) in [5.74, 6) is 0. The minimum absolute atomic E-state index is 0. The van der Waals surface area contributed by atoms with E-state index >= 15 is 0 Å². The first-order valence-electron chi connectivity index (χ1n) is 16.2. The Labute approximate surface area is 318 Å². The number of hydrogen-bond donors (Lipinski definition) is 0. The zero-order chi connectivity index (χ0) is 37.9. The third kappa shape index (κ3) is 7.10. The molecular weight excluding hydrogens is 751 g/mol. The molecule has 0 aliphatic carbocycles. The number of hydrogen-bond acceptors (Lipinski definition) is 12. The van der Waals surface area contributed by atoms with Gasteiger partial charge in [0, 0.05) is 74.5 Å². The molecule has 0 unspecified atom stereocenters. The van der Waals surface area contributed by atoms with Gasteiger partial charge in [0.25, 0.3) is 11.1 Å². The van der Waals surface area contributed by atoms with E-state index in [0.29, 0.717) is 0 Å². The molecule has 276 valence electrons. The van der Waals surface area contributed by atoms with Crippen molar-refractivity contribution in [3.63, 3.8) is 0 Å². The zero-order valence-electron chi connectivity index (χ0n) is 29.4. The second-order valence-corrected chi connectivity index (χ2v) is 11.8. The minimum Gasteiger partial charge on any atom is -0.343 e. The first kappa shape index (κ1) is 37.5. The van der Waals surface area contributed by atoms with Gasteiger partial charge in [0.05, 0.1) is 44.4 Å². The Morgan fingerprint density at radius 1 is 0.436 bits per heavy atom. The molecule has 10 aromatic rings. The molecule has 0 fully saturated rings. The summed E-state index contributed by atoms with van der Waals surface area (Å²) in [5.41, 5.74) is 2.77. The van der Waals surface area contributed by atoms with Crippen LogP contribution in [0.15, 0.2) is 117 Å². The molecule has 19 heteroatoms. The molecule has 18 nitrogen and oxygen atoms in total. The number of benzene rings is 2. The first-order valence-corrected chi connectivity index (χ1v) is 16.2. The molecule has 0 aliphatic heterocycles. The molecule has 0 N–H and O–H groups in total. The SMILES string of the molecule is Cn1c(=O)c2[n-]nnc2n(C)c1=O.Cn1c(=O)c2[n-]nnc2n(C)c1=O.[Ni+2].c1cnc2c(c1)ccc1cccnc12.c1cnc2c(c1)ccc1cccnc12. The van der Waals surface area contributed by atoms with Crippen LogP contribution < -0.4 is 32.7 Å². The monoisotopic (exact) mass is 778 g/mol. The molecule has 0 aliphatic rings. The van der Waals surface area contributed by atoms with Gasteiger partial charge in [0.1, 0.15) is 0 Å². The predicted molar refractivity (Wildman–Crippen MR) is 201 cm³/mol. The second kappa shape index (κ2) is 15.8. The van der Waals surface area contributed by atoms with Crippen LogP contribution in [0.3, 0.4) is 0 Å². The number of pyridine rings is 4. The maximum atomic E-state index is 11.4. The van der Waals surface area contributed by atoms with Crippen molar-refractivity contribution in [2.24, 2.45) is 28.2 Å². The number of fused-ring (bicyclic) bond motifs is 8. The van der Waals surface area contributed by atoms with Crippen molar-refractivity contribution >= 4 is 65.9 Å². The van der Waals surface area contributed by atoms with Crippen molar-refractivity contribution in [1.82, 2.24) is 69.0 Å². The first-order chi connectivity index (χ1) is 26.2. The Bertz CT molecular complexity index is 2910. The van der Waals surface area contributed by atoms with Gasteiger partial charge in [-0.05, 0) is 24.3 Å². The number of nitrogens with zero attached hydrogens (tertiary/aromatic N) is 14. The summed E-state index contributed by atoms with van der Waals surface area (Å²) in [4.78, 5) is 62.8. The maximum absolute atomic E-state index is 11.4. The molecule has 0 atom stereocenters. The van der Waals surface area contributed by atoms with Crippen LogP contribution in [0.2, 0.25) is 0 Å². The van der Waals surface area contributed by atoms with Gasteiger partial charge in [0.2, 0.25) is 0 Å². The van der Waals surface area contributed by atoms with Crippen molar-refractivity contribution < 1.29 is 16.5 Å². The van der Waals surface area contributed by atoms with Crippen LogP contribution in [0.25, 0.3) is 65.9 Å². The van der Waals surface area contributed by atoms with Crippen LogP contribution in [0.5, 0.6) is 0 Å². The number of rotatable bonds is 0.